The van der Waals surface area contributed by atoms with E-state index in [4.69, 9.17) is 9.72 Å². The van der Waals surface area contributed by atoms with Crippen molar-refractivity contribution in [3.05, 3.63) is 35.7 Å². The van der Waals surface area contributed by atoms with Gasteiger partial charge in [0.1, 0.15) is 11.6 Å². The van der Waals surface area contributed by atoms with Gasteiger partial charge in [-0.2, -0.15) is 0 Å². The largest absolute Gasteiger partial charge is 0.497 e. The zero-order valence-corrected chi connectivity index (χ0v) is 16.8. The fourth-order valence-electron chi connectivity index (χ4n) is 4.29. The van der Waals surface area contributed by atoms with Crippen molar-refractivity contribution in [2.75, 3.05) is 13.7 Å². The summed E-state index contributed by atoms with van der Waals surface area (Å²) in [7, 11) is 1.67. The normalized spacial score (nSPS) is 19.1. The number of methoxy groups -OCH3 is 1. The van der Waals surface area contributed by atoms with E-state index in [0.717, 1.165) is 60.9 Å². The summed E-state index contributed by atoms with van der Waals surface area (Å²) in [6.07, 6.45) is 6.85. The number of rotatable bonds is 5. The van der Waals surface area contributed by atoms with Crippen LogP contribution in [0.3, 0.4) is 0 Å². The van der Waals surface area contributed by atoms with Crippen molar-refractivity contribution < 1.29 is 9.53 Å². The lowest BCUT2D eigenvalue weighted by Crippen LogP contribution is -2.49. The number of nitrogens with one attached hydrogen (secondary N) is 2. The zero-order valence-electron chi connectivity index (χ0n) is 16.8. The number of hydrogen-bond acceptors (Lipinski definition) is 4. The number of aromatic nitrogens is 2. The Hall–Kier alpha value is -2.34. The Morgan fingerprint density at radius 2 is 2.14 bits per heavy atom. The molecule has 2 heterocycles. The third-order valence-electron chi connectivity index (χ3n) is 6.08. The van der Waals surface area contributed by atoms with Crippen molar-refractivity contribution in [3.8, 4) is 17.1 Å². The molecule has 6 nitrogen and oxygen atoms in total. The number of nitrogens with zero attached hydrogens (tertiary/aromatic N) is 2. The van der Waals surface area contributed by atoms with Gasteiger partial charge in [-0.25, -0.2) is 4.98 Å². The molecule has 1 unspecified atom stereocenters. The van der Waals surface area contributed by atoms with Crippen LogP contribution in [0.4, 0.5) is 0 Å². The van der Waals surface area contributed by atoms with Gasteiger partial charge in [0.2, 0.25) is 5.91 Å². The van der Waals surface area contributed by atoms with Gasteiger partial charge in [0.25, 0.3) is 0 Å². The zero-order chi connectivity index (χ0) is 19.5. The first kappa shape index (κ1) is 19.0. The number of ether oxygens (including phenoxy) is 1. The van der Waals surface area contributed by atoms with Gasteiger partial charge in [0.15, 0.2) is 0 Å². The van der Waals surface area contributed by atoms with Crippen LogP contribution in [-0.4, -0.2) is 46.5 Å². The Bertz CT molecular complexity index is 826. The number of carbonyl (C=O) groups excluding carboxylic acids is 1. The number of benzene rings is 1. The molecule has 1 aromatic heterocycles. The third kappa shape index (κ3) is 4.07. The fraction of sp³-hybridized carbons (Fsp3) is 0.545. The Morgan fingerprint density at radius 3 is 2.93 bits per heavy atom. The van der Waals surface area contributed by atoms with Gasteiger partial charge in [0.05, 0.1) is 24.5 Å². The Kier molecular flexibility index (Phi) is 5.67. The summed E-state index contributed by atoms with van der Waals surface area (Å²) in [6, 6.07) is 8.16. The molecule has 2 aromatic rings. The highest BCUT2D eigenvalue weighted by Crippen LogP contribution is 2.26. The molecule has 150 valence electrons. The summed E-state index contributed by atoms with van der Waals surface area (Å²) in [5.41, 5.74) is 3.23. The minimum Gasteiger partial charge on any atom is -0.497 e. The summed E-state index contributed by atoms with van der Waals surface area (Å²) in [4.78, 5) is 23.2. The molecule has 2 N–H and O–H groups in total. The maximum absolute atomic E-state index is 12.7. The second-order valence-corrected chi connectivity index (χ2v) is 7.98. The quantitative estimate of drug-likeness (QED) is 0.833. The van der Waals surface area contributed by atoms with E-state index in [0.29, 0.717) is 6.04 Å². The standard InChI is InChI=1S/C22H30N4O2/c1-15(22(27)23-17-8-4-3-5-9-17)26-12-11-19-20(14-26)25-21(24-19)16-7-6-10-18(13-16)28-2/h6-7,10,13,15,17H,3-5,8-9,11-12,14H2,1-2H3,(H,23,27)(H,24,25). The van der Waals surface area contributed by atoms with E-state index < -0.39 is 0 Å². The average Bonchev–Trinajstić information content (AvgIpc) is 3.17. The van der Waals surface area contributed by atoms with Crippen LogP contribution < -0.4 is 10.1 Å². The second-order valence-electron chi connectivity index (χ2n) is 7.98. The van der Waals surface area contributed by atoms with Crippen LogP contribution in [0.2, 0.25) is 0 Å². The first-order valence-electron chi connectivity index (χ1n) is 10.4. The molecule has 6 heteroatoms. The molecule has 1 atom stereocenters. The number of imidazole rings is 1. The summed E-state index contributed by atoms with van der Waals surface area (Å²) < 4.78 is 5.32. The van der Waals surface area contributed by atoms with Crippen molar-refractivity contribution in [3.63, 3.8) is 0 Å². The molecule has 0 spiro atoms. The van der Waals surface area contributed by atoms with Gasteiger partial charge >= 0.3 is 0 Å². The van der Waals surface area contributed by atoms with Crippen LogP contribution in [0.15, 0.2) is 24.3 Å². The molecular formula is C22H30N4O2. The smallest absolute Gasteiger partial charge is 0.237 e. The van der Waals surface area contributed by atoms with E-state index in [2.05, 4.69) is 15.2 Å². The minimum absolute atomic E-state index is 0.126. The monoisotopic (exact) mass is 382 g/mol. The van der Waals surface area contributed by atoms with E-state index in [1.807, 2.05) is 31.2 Å². The van der Waals surface area contributed by atoms with Gasteiger partial charge < -0.3 is 15.0 Å². The van der Waals surface area contributed by atoms with Gasteiger partial charge in [-0.15, -0.1) is 0 Å². The molecule has 1 aromatic carbocycles. The number of carbonyl (C=O) groups is 1. The van der Waals surface area contributed by atoms with Gasteiger partial charge in [-0.1, -0.05) is 31.4 Å². The van der Waals surface area contributed by atoms with Gasteiger partial charge in [-0.3, -0.25) is 9.69 Å². The molecule has 1 amide bonds. The maximum Gasteiger partial charge on any atom is 0.237 e. The van der Waals surface area contributed by atoms with Crippen molar-refractivity contribution in [1.82, 2.24) is 20.2 Å². The maximum atomic E-state index is 12.7. The molecule has 0 saturated heterocycles. The van der Waals surface area contributed by atoms with Crippen molar-refractivity contribution in [1.29, 1.82) is 0 Å². The third-order valence-corrected chi connectivity index (χ3v) is 6.08. The lowest BCUT2D eigenvalue weighted by atomic mass is 9.95. The number of hydrogen-bond donors (Lipinski definition) is 2. The van der Waals surface area contributed by atoms with Crippen LogP contribution >= 0.6 is 0 Å². The Balaban J connectivity index is 1.42. The molecule has 1 aliphatic heterocycles. The van der Waals surface area contributed by atoms with E-state index in [1.54, 1.807) is 7.11 Å². The molecule has 0 radical (unpaired) electrons. The van der Waals surface area contributed by atoms with Crippen molar-refractivity contribution >= 4 is 5.91 Å². The highest BCUT2D eigenvalue weighted by molar-refractivity contribution is 5.81. The number of amides is 1. The first-order chi connectivity index (χ1) is 13.6. The number of H-pyrrole nitrogens is 1. The van der Waals surface area contributed by atoms with E-state index in [1.165, 1.54) is 19.3 Å². The molecule has 1 saturated carbocycles. The predicted molar refractivity (Wildman–Crippen MR) is 109 cm³/mol. The molecule has 0 bridgehead atoms. The highest BCUT2D eigenvalue weighted by atomic mass is 16.5. The highest BCUT2D eigenvalue weighted by Gasteiger charge is 2.29. The van der Waals surface area contributed by atoms with Crippen molar-refractivity contribution in [2.45, 2.75) is 64.1 Å². The number of fused-ring (bicyclic) bond motifs is 1. The van der Waals surface area contributed by atoms with E-state index >= 15 is 0 Å². The molecule has 4 rings (SSSR count). The summed E-state index contributed by atoms with van der Waals surface area (Å²) >= 11 is 0. The van der Waals surface area contributed by atoms with Crippen LogP contribution in [0.1, 0.15) is 50.4 Å². The Labute approximate surface area is 166 Å². The van der Waals surface area contributed by atoms with Crippen LogP contribution in [0.25, 0.3) is 11.4 Å². The van der Waals surface area contributed by atoms with Gasteiger partial charge in [0, 0.05) is 31.1 Å². The predicted octanol–water partition coefficient (Wildman–Crippen LogP) is 3.28. The molecule has 28 heavy (non-hydrogen) atoms. The Morgan fingerprint density at radius 1 is 1.32 bits per heavy atom. The molecule has 1 aliphatic carbocycles. The first-order valence-corrected chi connectivity index (χ1v) is 10.4. The minimum atomic E-state index is -0.126. The van der Waals surface area contributed by atoms with Crippen LogP contribution in [0, 0.1) is 0 Å². The summed E-state index contributed by atoms with van der Waals surface area (Å²) in [5.74, 6) is 1.84. The molecular weight excluding hydrogens is 352 g/mol. The van der Waals surface area contributed by atoms with Gasteiger partial charge in [-0.05, 0) is 31.9 Å². The summed E-state index contributed by atoms with van der Waals surface area (Å²) in [6.45, 7) is 3.60. The lowest BCUT2D eigenvalue weighted by molar-refractivity contribution is -0.127. The number of aromatic amines is 1. The van der Waals surface area contributed by atoms with E-state index in [9.17, 15) is 4.79 Å². The van der Waals surface area contributed by atoms with Crippen LogP contribution in [-0.2, 0) is 17.8 Å². The topological polar surface area (TPSA) is 70.2 Å². The summed E-state index contributed by atoms with van der Waals surface area (Å²) in [5, 5.41) is 3.26. The fourth-order valence-corrected chi connectivity index (χ4v) is 4.29. The second kappa shape index (κ2) is 8.35. The SMILES string of the molecule is COc1cccc(-c2nc3c([nH]2)CN(C(C)C(=O)NC2CCCCC2)CC3)c1. The molecule has 1 fully saturated rings. The van der Waals surface area contributed by atoms with Crippen molar-refractivity contribution in [2.24, 2.45) is 0 Å². The average molecular weight is 383 g/mol. The lowest BCUT2D eigenvalue weighted by Gasteiger charge is -2.32. The van der Waals surface area contributed by atoms with E-state index in [-0.39, 0.29) is 11.9 Å². The van der Waals surface area contributed by atoms with Crippen LogP contribution in [0.5, 0.6) is 5.75 Å². The molecule has 2 aliphatic rings.